The summed E-state index contributed by atoms with van der Waals surface area (Å²) in [5.41, 5.74) is 0.605. The number of hydrogen-bond acceptors (Lipinski definition) is 6. The minimum absolute atomic E-state index is 0.0847. The molecule has 0 spiro atoms. The van der Waals surface area contributed by atoms with E-state index in [0.29, 0.717) is 18.9 Å². The molecule has 3 aromatic rings. The van der Waals surface area contributed by atoms with Crippen molar-refractivity contribution in [2.24, 2.45) is 0 Å². The lowest BCUT2D eigenvalue weighted by Crippen LogP contribution is -2.43. The molecule has 0 fully saturated rings. The number of aromatic nitrogens is 2. The predicted molar refractivity (Wildman–Crippen MR) is 108 cm³/mol. The molecule has 31 heavy (non-hydrogen) atoms. The third kappa shape index (κ3) is 3.88. The lowest BCUT2D eigenvalue weighted by molar-refractivity contribution is -0.133. The van der Waals surface area contributed by atoms with Gasteiger partial charge in [0.05, 0.1) is 17.7 Å². The highest BCUT2D eigenvalue weighted by Crippen LogP contribution is 2.29. The summed E-state index contributed by atoms with van der Waals surface area (Å²) in [5, 5.41) is 18.3. The molecule has 1 aromatic heterocycles. The SMILES string of the molecule is C[N+]1(OCc2ccc(Oc3ccc(C#N)c(F)c3)c(C#N)c2)CCn2c1ccnc2=O. The Hall–Kier alpha value is -4.05. The smallest absolute Gasteiger partial charge is 0.352 e. The first-order chi connectivity index (χ1) is 14.9. The molecule has 4 rings (SSSR count). The van der Waals surface area contributed by atoms with Crippen LogP contribution in [0.1, 0.15) is 16.7 Å². The number of likely N-dealkylation sites (N-methyl/N-ethyl adjacent to an activating group) is 1. The minimum atomic E-state index is -0.694. The van der Waals surface area contributed by atoms with Gasteiger partial charge in [-0.15, -0.1) is 4.65 Å². The van der Waals surface area contributed by atoms with Crippen molar-refractivity contribution in [1.29, 1.82) is 10.5 Å². The van der Waals surface area contributed by atoms with Crippen molar-refractivity contribution < 1.29 is 14.0 Å². The number of halogens is 1. The number of hydrogen-bond donors (Lipinski definition) is 0. The van der Waals surface area contributed by atoms with Crippen LogP contribution >= 0.6 is 0 Å². The molecule has 9 heteroatoms. The van der Waals surface area contributed by atoms with Crippen LogP contribution in [-0.4, -0.2) is 23.1 Å². The summed E-state index contributed by atoms with van der Waals surface area (Å²) >= 11 is 0. The van der Waals surface area contributed by atoms with E-state index in [0.717, 1.165) is 11.6 Å². The average molecular weight is 418 g/mol. The first-order valence-corrected chi connectivity index (χ1v) is 9.40. The Labute approximate surface area is 177 Å². The molecule has 8 nitrogen and oxygen atoms in total. The van der Waals surface area contributed by atoms with Gasteiger partial charge in [-0.25, -0.2) is 18.7 Å². The fourth-order valence-electron chi connectivity index (χ4n) is 3.42. The van der Waals surface area contributed by atoms with Gasteiger partial charge in [0.25, 0.3) is 0 Å². The highest BCUT2D eigenvalue weighted by Gasteiger charge is 2.37. The monoisotopic (exact) mass is 418 g/mol. The molecule has 0 saturated heterocycles. The Balaban J connectivity index is 1.51. The van der Waals surface area contributed by atoms with Crippen LogP contribution in [0.2, 0.25) is 0 Å². The highest BCUT2D eigenvalue weighted by atomic mass is 19.1. The summed E-state index contributed by atoms with van der Waals surface area (Å²) in [6.07, 6.45) is 1.46. The van der Waals surface area contributed by atoms with Gasteiger partial charge in [0.1, 0.15) is 49.7 Å². The zero-order valence-corrected chi connectivity index (χ0v) is 16.6. The predicted octanol–water partition coefficient (Wildman–Crippen LogP) is 3.00. The zero-order chi connectivity index (χ0) is 22.0. The van der Waals surface area contributed by atoms with E-state index in [1.54, 1.807) is 34.9 Å². The molecular weight excluding hydrogens is 401 g/mol. The molecule has 1 aliphatic rings. The van der Waals surface area contributed by atoms with Crippen molar-refractivity contribution in [1.82, 2.24) is 14.2 Å². The molecule has 0 bridgehead atoms. The summed E-state index contributed by atoms with van der Waals surface area (Å²) in [7, 11) is 1.86. The molecule has 154 valence electrons. The van der Waals surface area contributed by atoms with Crippen molar-refractivity contribution in [2.75, 3.05) is 13.6 Å². The number of quaternary nitrogens is 1. The fraction of sp³-hybridized carbons (Fsp3) is 0.182. The van der Waals surface area contributed by atoms with Crippen LogP contribution < -0.4 is 15.1 Å². The number of benzene rings is 2. The van der Waals surface area contributed by atoms with Crippen LogP contribution in [0, 0.1) is 28.5 Å². The van der Waals surface area contributed by atoms with Gasteiger partial charge < -0.3 is 4.74 Å². The summed E-state index contributed by atoms with van der Waals surface area (Å²) in [6.45, 7) is 1.29. The first kappa shape index (κ1) is 20.2. The second kappa shape index (κ2) is 8.00. The van der Waals surface area contributed by atoms with Crippen molar-refractivity contribution in [3.8, 4) is 23.6 Å². The molecule has 0 N–H and O–H groups in total. The van der Waals surface area contributed by atoms with E-state index >= 15 is 0 Å². The Kier molecular flexibility index (Phi) is 5.22. The number of fused-ring (bicyclic) bond motifs is 1. The number of rotatable bonds is 5. The molecule has 2 aromatic carbocycles. The van der Waals surface area contributed by atoms with Gasteiger partial charge in [0.2, 0.25) is 5.82 Å². The van der Waals surface area contributed by atoms with Gasteiger partial charge in [-0.2, -0.15) is 15.4 Å². The van der Waals surface area contributed by atoms with E-state index in [9.17, 15) is 14.4 Å². The number of nitriles is 2. The summed E-state index contributed by atoms with van der Waals surface area (Å²) in [4.78, 5) is 21.7. The van der Waals surface area contributed by atoms with Crippen molar-refractivity contribution in [3.05, 3.63) is 81.7 Å². The van der Waals surface area contributed by atoms with Gasteiger partial charge in [-0.3, -0.25) is 0 Å². The van der Waals surface area contributed by atoms with E-state index in [-0.39, 0.29) is 39.6 Å². The van der Waals surface area contributed by atoms with Crippen LogP contribution in [-0.2, 0) is 18.0 Å². The van der Waals surface area contributed by atoms with Crippen molar-refractivity contribution >= 4 is 5.82 Å². The highest BCUT2D eigenvalue weighted by molar-refractivity contribution is 5.48. The molecule has 1 unspecified atom stereocenters. The van der Waals surface area contributed by atoms with Crippen LogP contribution in [0.4, 0.5) is 10.2 Å². The molecule has 0 radical (unpaired) electrons. The lowest BCUT2D eigenvalue weighted by Gasteiger charge is -2.25. The Morgan fingerprint density at radius 1 is 1.16 bits per heavy atom. The Bertz CT molecular complexity index is 1310. The van der Waals surface area contributed by atoms with Crippen LogP contribution in [0.3, 0.4) is 0 Å². The van der Waals surface area contributed by atoms with E-state index in [4.69, 9.17) is 14.8 Å². The number of hydroxylamine groups is 2. The Morgan fingerprint density at radius 2 is 1.97 bits per heavy atom. The molecule has 1 aliphatic heterocycles. The maximum absolute atomic E-state index is 13.8. The molecule has 0 aliphatic carbocycles. The topological polar surface area (TPSA) is 101 Å². The van der Waals surface area contributed by atoms with E-state index in [1.165, 1.54) is 18.3 Å². The van der Waals surface area contributed by atoms with E-state index in [2.05, 4.69) is 11.1 Å². The van der Waals surface area contributed by atoms with E-state index < -0.39 is 5.82 Å². The quantitative estimate of drug-likeness (QED) is 0.591. The minimum Gasteiger partial charge on any atom is -0.456 e. The lowest BCUT2D eigenvalue weighted by atomic mass is 10.1. The van der Waals surface area contributed by atoms with Gasteiger partial charge in [-0.1, -0.05) is 6.07 Å². The van der Waals surface area contributed by atoms with Crippen LogP contribution in [0.25, 0.3) is 0 Å². The molecule has 0 amide bonds. The maximum atomic E-state index is 13.8. The van der Waals surface area contributed by atoms with Crippen molar-refractivity contribution in [2.45, 2.75) is 13.2 Å². The van der Waals surface area contributed by atoms with Gasteiger partial charge in [0, 0.05) is 18.3 Å². The molecule has 2 heterocycles. The van der Waals surface area contributed by atoms with Crippen LogP contribution in [0.15, 0.2) is 53.5 Å². The van der Waals surface area contributed by atoms with Crippen LogP contribution in [0.5, 0.6) is 11.5 Å². The molecular formula is C22H17FN5O3+. The second-order valence-corrected chi connectivity index (χ2v) is 7.13. The largest absolute Gasteiger partial charge is 0.456 e. The Morgan fingerprint density at radius 3 is 2.71 bits per heavy atom. The van der Waals surface area contributed by atoms with Gasteiger partial charge in [-0.05, 0) is 29.8 Å². The fourth-order valence-corrected chi connectivity index (χ4v) is 3.42. The van der Waals surface area contributed by atoms with E-state index in [1.807, 2.05) is 7.05 Å². The van der Waals surface area contributed by atoms with Gasteiger partial charge >= 0.3 is 5.69 Å². The molecule has 1 atom stereocenters. The standard InChI is InChI=1S/C22H17FN5O3/c1-28(9-8-27-21(28)6-7-26-22(27)29)30-14-15-2-5-20(17(10-15)13-25)31-18-4-3-16(12-24)19(23)11-18/h2-7,10-11H,8-9,14H2,1H3/q+1. The van der Waals surface area contributed by atoms with Crippen molar-refractivity contribution in [3.63, 3.8) is 0 Å². The third-order valence-electron chi connectivity index (χ3n) is 5.12. The zero-order valence-electron chi connectivity index (χ0n) is 16.6. The third-order valence-corrected chi connectivity index (χ3v) is 5.12. The number of ether oxygens (including phenoxy) is 1. The average Bonchev–Trinajstić information content (AvgIpc) is 3.11. The summed E-state index contributed by atoms with van der Waals surface area (Å²) < 4.78 is 21.1. The summed E-state index contributed by atoms with van der Waals surface area (Å²) in [6, 6.07) is 14.4. The summed E-state index contributed by atoms with van der Waals surface area (Å²) in [5.74, 6) is 0.465. The maximum Gasteiger partial charge on any atom is 0.352 e. The molecule has 0 saturated carbocycles. The second-order valence-electron chi connectivity index (χ2n) is 7.13. The van der Waals surface area contributed by atoms with Gasteiger partial charge in [0.15, 0.2) is 0 Å². The normalized spacial score (nSPS) is 16.9. The first-order valence-electron chi connectivity index (χ1n) is 9.40. The number of nitrogens with zero attached hydrogens (tertiary/aromatic N) is 5.